The van der Waals surface area contributed by atoms with E-state index in [9.17, 15) is 14.0 Å². The van der Waals surface area contributed by atoms with Gasteiger partial charge in [0.2, 0.25) is 11.8 Å². The van der Waals surface area contributed by atoms with Crippen molar-refractivity contribution in [1.82, 2.24) is 9.97 Å². The largest absolute Gasteiger partial charge is 0.325 e. The fraction of sp³-hybridized carbons (Fsp3) is 0.200. The maximum Gasteiger partial charge on any atom is 0.237 e. The van der Waals surface area contributed by atoms with Crippen molar-refractivity contribution < 1.29 is 14.0 Å². The molecule has 0 aliphatic heterocycles. The van der Waals surface area contributed by atoms with Crippen LogP contribution in [0.4, 0.5) is 15.8 Å². The monoisotopic (exact) mass is 334 g/mol. The fourth-order valence-electron chi connectivity index (χ4n) is 1.69. The van der Waals surface area contributed by atoms with Crippen molar-refractivity contribution in [3.05, 3.63) is 42.5 Å². The van der Waals surface area contributed by atoms with Crippen LogP contribution in [0, 0.1) is 5.82 Å². The van der Waals surface area contributed by atoms with Gasteiger partial charge in [-0.25, -0.2) is 14.4 Å². The lowest BCUT2D eigenvalue weighted by atomic mass is 10.2. The number of carbonyl (C=O) groups excluding carboxylic acids is 2. The summed E-state index contributed by atoms with van der Waals surface area (Å²) in [6, 6.07) is 5.66. The molecule has 8 heteroatoms. The molecule has 23 heavy (non-hydrogen) atoms. The summed E-state index contributed by atoms with van der Waals surface area (Å²) < 4.78 is 13.6. The summed E-state index contributed by atoms with van der Waals surface area (Å²) in [5.41, 5.74) is 0.406. The normalized spacial score (nSPS) is 11.6. The lowest BCUT2D eigenvalue weighted by Crippen LogP contribution is -2.22. The first-order valence-corrected chi connectivity index (χ1v) is 7.65. The van der Waals surface area contributed by atoms with E-state index in [1.807, 2.05) is 0 Å². The Kier molecular flexibility index (Phi) is 5.64. The number of benzene rings is 1. The highest BCUT2D eigenvalue weighted by Gasteiger charge is 2.16. The second-order valence-electron chi connectivity index (χ2n) is 4.66. The first-order chi connectivity index (χ1) is 11.0. The Morgan fingerprint density at radius 2 is 1.91 bits per heavy atom. The number of thioether (sulfide) groups is 1. The van der Waals surface area contributed by atoms with Gasteiger partial charge in [-0.3, -0.25) is 9.59 Å². The zero-order chi connectivity index (χ0) is 16.8. The minimum Gasteiger partial charge on any atom is -0.325 e. The Bertz CT molecular complexity index is 712. The molecule has 0 saturated heterocycles. The van der Waals surface area contributed by atoms with E-state index in [-0.39, 0.29) is 11.6 Å². The van der Waals surface area contributed by atoms with Crippen molar-refractivity contribution in [2.75, 3.05) is 10.6 Å². The SMILES string of the molecule is CC(=O)Nc1cc(NC(=O)[C@H](C)Sc2ncccn2)ccc1F. The number of aromatic nitrogens is 2. The number of nitrogens with zero attached hydrogens (tertiary/aromatic N) is 2. The highest BCUT2D eigenvalue weighted by molar-refractivity contribution is 8.00. The molecule has 1 atom stereocenters. The first kappa shape index (κ1) is 16.9. The van der Waals surface area contributed by atoms with Crippen molar-refractivity contribution >= 4 is 35.0 Å². The predicted molar refractivity (Wildman–Crippen MR) is 86.7 cm³/mol. The van der Waals surface area contributed by atoms with Crippen LogP contribution in [0.5, 0.6) is 0 Å². The van der Waals surface area contributed by atoms with E-state index >= 15 is 0 Å². The third kappa shape index (κ3) is 5.03. The standard InChI is InChI=1S/C15H15FN4O2S/c1-9(23-15-17-6-3-7-18-15)14(22)20-11-4-5-12(16)13(8-11)19-10(2)21/h3-9H,1-2H3,(H,19,21)(H,20,22)/t9-/m0/s1. The highest BCUT2D eigenvalue weighted by atomic mass is 32.2. The fourth-order valence-corrected chi connectivity index (χ4v) is 2.42. The quantitative estimate of drug-likeness (QED) is 0.649. The zero-order valence-electron chi connectivity index (χ0n) is 12.5. The highest BCUT2D eigenvalue weighted by Crippen LogP contribution is 2.22. The number of nitrogens with one attached hydrogen (secondary N) is 2. The molecule has 2 aromatic rings. The van der Waals surface area contributed by atoms with Gasteiger partial charge in [0, 0.05) is 25.0 Å². The molecular weight excluding hydrogens is 319 g/mol. The van der Waals surface area contributed by atoms with Crippen LogP contribution in [-0.2, 0) is 9.59 Å². The maximum atomic E-state index is 13.6. The van der Waals surface area contributed by atoms with Crippen LogP contribution in [0.2, 0.25) is 0 Å². The first-order valence-electron chi connectivity index (χ1n) is 6.77. The third-order valence-electron chi connectivity index (χ3n) is 2.74. The summed E-state index contributed by atoms with van der Waals surface area (Å²) in [5, 5.41) is 5.09. The number of rotatable bonds is 5. The van der Waals surface area contributed by atoms with Crippen LogP contribution < -0.4 is 10.6 Å². The van der Waals surface area contributed by atoms with E-state index in [0.29, 0.717) is 10.8 Å². The van der Waals surface area contributed by atoms with Crippen molar-refractivity contribution in [1.29, 1.82) is 0 Å². The van der Waals surface area contributed by atoms with Crippen LogP contribution in [0.25, 0.3) is 0 Å². The smallest absolute Gasteiger partial charge is 0.237 e. The average Bonchev–Trinajstić information content (AvgIpc) is 2.51. The van der Waals surface area contributed by atoms with Gasteiger partial charge < -0.3 is 10.6 Å². The molecule has 0 aliphatic carbocycles. The van der Waals surface area contributed by atoms with Crippen LogP contribution in [0.1, 0.15) is 13.8 Å². The van der Waals surface area contributed by atoms with Crippen LogP contribution in [0.15, 0.2) is 41.8 Å². The van der Waals surface area contributed by atoms with Gasteiger partial charge in [0.15, 0.2) is 5.16 Å². The molecule has 2 amide bonds. The minimum absolute atomic E-state index is 0.0157. The molecule has 0 bridgehead atoms. The average molecular weight is 334 g/mol. The van der Waals surface area contributed by atoms with E-state index in [0.717, 1.165) is 0 Å². The Morgan fingerprint density at radius 3 is 2.57 bits per heavy atom. The van der Waals surface area contributed by atoms with Crippen molar-refractivity contribution in [3.63, 3.8) is 0 Å². The van der Waals surface area contributed by atoms with E-state index in [4.69, 9.17) is 0 Å². The predicted octanol–water partition coefficient (Wildman–Crippen LogP) is 2.69. The van der Waals surface area contributed by atoms with Crippen LogP contribution in [0.3, 0.4) is 0 Å². The van der Waals surface area contributed by atoms with Gasteiger partial charge in [-0.15, -0.1) is 0 Å². The Balaban J connectivity index is 2.03. The number of carbonyl (C=O) groups is 2. The van der Waals surface area contributed by atoms with Crippen molar-refractivity contribution in [2.24, 2.45) is 0 Å². The number of hydrogen-bond acceptors (Lipinski definition) is 5. The van der Waals surface area contributed by atoms with Gasteiger partial charge in [-0.2, -0.15) is 0 Å². The molecule has 1 aromatic carbocycles. The Labute approximate surface area is 136 Å². The number of halogens is 1. The Morgan fingerprint density at radius 1 is 1.22 bits per heavy atom. The summed E-state index contributed by atoms with van der Waals surface area (Å²) in [6.07, 6.45) is 3.19. The number of hydrogen-bond donors (Lipinski definition) is 2. The summed E-state index contributed by atoms with van der Waals surface area (Å²) in [5.74, 6) is -1.24. The second kappa shape index (κ2) is 7.68. The molecule has 1 heterocycles. The van der Waals surface area contributed by atoms with Crippen molar-refractivity contribution in [3.8, 4) is 0 Å². The third-order valence-corrected chi connectivity index (χ3v) is 3.73. The Hall–Kier alpha value is -2.48. The maximum absolute atomic E-state index is 13.6. The van der Waals surface area contributed by atoms with Gasteiger partial charge in [0.1, 0.15) is 5.82 Å². The summed E-state index contributed by atoms with van der Waals surface area (Å²) in [6.45, 7) is 3.00. The second-order valence-corrected chi connectivity index (χ2v) is 5.96. The summed E-state index contributed by atoms with van der Waals surface area (Å²) in [4.78, 5) is 31.3. The molecule has 6 nitrogen and oxygen atoms in total. The summed E-state index contributed by atoms with van der Waals surface area (Å²) >= 11 is 1.21. The lowest BCUT2D eigenvalue weighted by Gasteiger charge is -2.12. The van der Waals surface area contributed by atoms with Crippen molar-refractivity contribution in [2.45, 2.75) is 24.3 Å². The lowest BCUT2D eigenvalue weighted by molar-refractivity contribution is -0.115. The molecule has 0 aliphatic rings. The van der Waals surface area contributed by atoms with E-state index in [2.05, 4.69) is 20.6 Å². The van der Waals surface area contributed by atoms with E-state index < -0.39 is 17.0 Å². The molecule has 0 radical (unpaired) electrons. The van der Waals surface area contributed by atoms with E-state index in [1.165, 1.54) is 36.9 Å². The van der Waals surface area contributed by atoms with Crippen LogP contribution in [-0.4, -0.2) is 27.0 Å². The molecule has 120 valence electrons. The molecule has 2 N–H and O–H groups in total. The molecular formula is C15H15FN4O2S. The van der Waals surface area contributed by atoms with Crippen LogP contribution >= 0.6 is 11.8 Å². The molecule has 1 aromatic heterocycles. The molecule has 0 fully saturated rings. The zero-order valence-corrected chi connectivity index (χ0v) is 13.4. The number of anilines is 2. The molecule has 0 saturated carbocycles. The van der Waals surface area contributed by atoms with Gasteiger partial charge in [-0.1, -0.05) is 11.8 Å². The number of amides is 2. The summed E-state index contributed by atoms with van der Waals surface area (Å²) in [7, 11) is 0. The minimum atomic E-state index is -0.571. The topological polar surface area (TPSA) is 84.0 Å². The van der Waals surface area contributed by atoms with Gasteiger partial charge in [0.05, 0.1) is 10.9 Å². The molecule has 2 rings (SSSR count). The van der Waals surface area contributed by atoms with Gasteiger partial charge in [-0.05, 0) is 31.2 Å². The molecule has 0 unspecified atom stereocenters. The van der Waals surface area contributed by atoms with Gasteiger partial charge >= 0.3 is 0 Å². The van der Waals surface area contributed by atoms with Gasteiger partial charge in [0.25, 0.3) is 0 Å². The van der Waals surface area contributed by atoms with E-state index in [1.54, 1.807) is 25.4 Å². The molecule has 0 spiro atoms.